The third kappa shape index (κ3) is 1.94. The van der Waals surface area contributed by atoms with Crippen molar-refractivity contribution in [2.24, 2.45) is 0 Å². The highest BCUT2D eigenvalue weighted by atomic mass is 35.5. The van der Waals surface area contributed by atoms with Crippen LogP contribution in [0.25, 0.3) is 11.5 Å². The quantitative estimate of drug-likeness (QED) is 0.744. The molecule has 0 aliphatic heterocycles. The van der Waals surface area contributed by atoms with E-state index in [0.717, 1.165) is 5.56 Å². The first-order valence-corrected chi connectivity index (χ1v) is 3.35. The van der Waals surface area contributed by atoms with Gasteiger partial charge in [0.05, 0.1) is 0 Å². The van der Waals surface area contributed by atoms with Crippen LogP contribution in [-0.2, 0) is 0 Å². The van der Waals surface area contributed by atoms with Gasteiger partial charge in [0.2, 0.25) is 5.89 Å². The molecule has 0 fully saturated rings. The van der Waals surface area contributed by atoms with Gasteiger partial charge in [-0.15, -0.1) is 17.5 Å². The van der Waals surface area contributed by atoms with Crippen LogP contribution in [0.3, 0.4) is 0 Å². The predicted molar refractivity (Wildman–Crippen MR) is 49.2 cm³/mol. The van der Waals surface area contributed by atoms with Crippen LogP contribution in [0.1, 0.15) is 0 Å². The monoisotopic (exact) mass is 198 g/mol. The molecule has 0 atom stereocenters. The van der Waals surface area contributed by atoms with Crippen LogP contribution in [0, 0.1) is 0 Å². The number of hydrogen-bond acceptors (Lipinski definition) is 5. The summed E-state index contributed by atoms with van der Waals surface area (Å²) < 4.78 is 5.00. The molecule has 2 heterocycles. The summed E-state index contributed by atoms with van der Waals surface area (Å²) in [5, 5.41) is 7.25. The fourth-order valence-electron chi connectivity index (χ4n) is 0.846. The molecule has 13 heavy (non-hydrogen) atoms. The molecule has 0 aliphatic rings. The topological polar surface area (TPSA) is 77.8 Å². The number of halogens is 1. The van der Waals surface area contributed by atoms with Gasteiger partial charge in [0.1, 0.15) is 0 Å². The Balaban J connectivity index is 0.000000845. The van der Waals surface area contributed by atoms with E-state index in [1.165, 1.54) is 0 Å². The van der Waals surface area contributed by atoms with Crippen LogP contribution in [0.5, 0.6) is 0 Å². The molecule has 6 heteroatoms. The molecule has 2 aromatic rings. The molecule has 0 saturated carbocycles. The fourth-order valence-corrected chi connectivity index (χ4v) is 0.846. The summed E-state index contributed by atoms with van der Waals surface area (Å²) in [6.07, 6.45) is 3.30. The highest BCUT2D eigenvalue weighted by Gasteiger charge is 2.03. The molecule has 2 aromatic heterocycles. The number of nitrogens with two attached hydrogens (primary N) is 1. The molecule has 2 rings (SSSR count). The maximum atomic E-state index is 5.26. The second kappa shape index (κ2) is 3.86. The Kier molecular flexibility index (Phi) is 2.81. The van der Waals surface area contributed by atoms with Gasteiger partial charge in [-0.25, -0.2) is 0 Å². The Labute approximate surface area is 80.4 Å². The maximum Gasteiger partial charge on any atom is 0.313 e. The highest BCUT2D eigenvalue weighted by Crippen LogP contribution is 2.16. The van der Waals surface area contributed by atoms with Crippen molar-refractivity contribution >= 4 is 18.4 Å². The fraction of sp³-hybridized carbons (Fsp3) is 0. The number of pyridine rings is 1. The van der Waals surface area contributed by atoms with E-state index in [-0.39, 0.29) is 18.4 Å². The first-order chi connectivity index (χ1) is 5.86. The van der Waals surface area contributed by atoms with Crippen molar-refractivity contribution < 1.29 is 4.42 Å². The summed E-state index contributed by atoms with van der Waals surface area (Å²) in [6, 6.07) is 3.61. The average Bonchev–Trinajstić information content (AvgIpc) is 2.54. The van der Waals surface area contributed by atoms with Gasteiger partial charge in [0.15, 0.2) is 0 Å². The number of nitrogen functional groups attached to an aromatic ring is 1. The third-order valence-electron chi connectivity index (χ3n) is 1.37. The summed E-state index contributed by atoms with van der Waals surface area (Å²) in [5.74, 6) is 0.412. The van der Waals surface area contributed by atoms with Crippen LogP contribution >= 0.6 is 12.4 Å². The van der Waals surface area contributed by atoms with Crippen molar-refractivity contribution in [3.05, 3.63) is 24.5 Å². The molecule has 68 valence electrons. The summed E-state index contributed by atoms with van der Waals surface area (Å²) in [4.78, 5) is 3.86. The third-order valence-corrected chi connectivity index (χ3v) is 1.37. The number of hydrogen-bond donors (Lipinski definition) is 1. The second-order valence-corrected chi connectivity index (χ2v) is 2.18. The number of nitrogens with zero attached hydrogens (tertiary/aromatic N) is 3. The largest absolute Gasteiger partial charge is 0.404 e. The van der Waals surface area contributed by atoms with Gasteiger partial charge >= 0.3 is 6.01 Å². The summed E-state index contributed by atoms with van der Waals surface area (Å²) >= 11 is 0. The minimum absolute atomic E-state index is 0. The van der Waals surface area contributed by atoms with E-state index in [1.54, 1.807) is 24.5 Å². The lowest BCUT2D eigenvalue weighted by Crippen LogP contribution is -1.81. The van der Waals surface area contributed by atoms with E-state index in [4.69, 9.17) is 10.2 Å². The summed E-state index contributed by atoms with van der Waals surface area (Å²) in [6.45, 7) is 0. The first-order valence-electron chi connectivity index (χ1n) is 3.35. The number of rotatable bonds is 1. The first kappa shape index (κ1) is 9.47. The van der Waals surface area contributed by atoms with Crippen LogP contribution in [0.15, 0.2) is 28.9 Å². The van der Waals surface area contributed by atoms with E-state index >= 15 is 0 Å². The Morgan fingerprint density at radius 2 is 1.85 bits per heavy atom. The zero-order chi connectivity index (χ0) is 8.39. The zero-order valence-electron chi connectivity index (χ0n) is 6.54. The summed E-state index contributed by atoms with van der Waals surface area (Å²) in [5.41, 5.74) is 6.07. The molecule has 5 nitrogen and oxygen atoms in total. The van der Waals surface area contributed by atoms with Gasteiger partial charge < -0.3 is 10.2 Å². The Morgan fingerprint density at radius 1 is 1.15 bits per heavy atom. The van der Waals surface area contributed by atoms with Crippen molar-refractivity contribution in [1.29, 1.82) is 0 Å². The highest BCUT2D eigenvalue weighted by molar-refractivity contribution is 5.85. The minimum atomic E-state index is 0. The maximum absolute atomic E-state index is 5.26. The van der Waals surface area contributed by atoms with E-state index in [1.807, 2.05) is 0 Å². The molecular formula is C7H7ClN4O. The molecule has 0 spiro atoms. The molecule has 0 amide bonds. The van der Waals surface area contributed by atoms with E-state index in [2.05, 4.69) is 15.2 Å². The number of aromatic nitrogens is 3. The average molecular weight is 199 g/mol. The van der Waals surface area contributed by atoms with E-state index < -0.39 is 0 Å². The molecule has 0 saturated heterocycles. The molecular weight excluding hydrogens is 192 g/mol. The summed E-state index contributed by atoms with van der Waals surface area (Å²) in [7, 11) is 0. The molecule has 0 unspecified atom stereocenters. The Hall–Kier alpha value is -1.62. The van der Waals surface area contributed by atoms with Crippen LogP contribution in [0.4, 0.5) is 6.01 Å². The van der Waals surface area contributed by atoms with Gasteiger partial charge in [-0.3, -0.25) is 4.98 Å². The van der Waals surface area contributed by atoms with Gasteiger partial charge in [0, 0.05) is 18.0 Å². The van der Waals surface area contributed by atoms with Crippen molar-refractivity contribution in [2.45, 2.75) is 0 Å². The van der Waals surface area contributed by atoms with Gasteiger partial charge in [0.25, 0.3) is 0 Å². The van der Waals surface area contributed by atoms with Crippen molar-refractivity contribution in [3.63, 3.8) is 0 Å². The second-order valence-electron chi connectivity index (χ2n) is 2.18. The van der Waals surface area contributed by atoms with Crippen LogP contribution in [-0.4, -0.2) is 15.2 Å². The molecule has 0 bridgehead atoms. The van der Waals surface area contributed by atoms with Gasteiger partial charge in [-0.2, -0.15) is 0 Å². The lowest BCUT2D eigenvalue weighted by atomic mass is 10.3. The molecule has 2 N–H and O–H groups in total. The Bertz CT molecular complexity index is 375. The Morgan fingerprint density at radius 3 is 2.38 bits per heavy atom. The van der Waals surface area contributed by atoms with Crippen LogP contribution < -0.4 is 5.73 Å². The lowest BCUT2D eigenvalue weighted by molar-refractivity contribution is 0.590. The zero-order valence-corrected chi connectivity index (χ0v) is 7.36. The molecule has 0 radical (unpaired) electrons. The molecule has 0 aromatic carbocycles. The predicted octanol–water partition coefficient (Wildman–Crippen LogP) is 1.14. The number of anilines is 1. The van der Waals surface area contributed by atoms with Crippen molar-refractivity contribution in [2.75, 3.05) is 5.73 Å². The molecule has 0 aliphatic carbocycles. The normalized spacial score (nSPS) is 9.23. The SMILES string of the molecule is Cl.Nc1nnc(-c2ccncc2)o1. The van der Waals surface area contributed by atoms with E-state index in [0.29, 0.717) is 5.89 Å². The van der Waals surface area contributed by atoms with Gasteiger partial charge in [-0.1, -0.05) is 5.10 Å². The van der Waals surface area contributed by atoms with E-state index in [9.17, 15) is 0 Å². The minimum Gasteiger partial charge on any atom is -0.404 e. The van der Waals surface area contributed by atoms with Crippen molar-refractivity contribution in [3.8, 4) is 11.5 Å². The standard InChI is InChI=1S/C7H6N4O.ClH/c8-7-11-10-6(12-7)5-1-3-9-4-2-5;/h1-4H,(H2,8,11);1H. The van der Waals surface area contributed by atoms with Crippen LogP contribution in [0.2, 0.25) is 0 Å². The smallest absolute Gasteiger partial charge is 0.313 e. The van der Waals surface area contributed by atoms with Gasteiger partial charge in [-0.05, 0) is 12.1 Å². The lowest BCUT2D eigenvalue weighted by Gasteiger charge is -1.89. The van der Waals surface area contributed by atoms with Crippen molar-refractivity contribution in [1.82, 2.24) is 15.2 Å².